The molecule has 4 nitrogen and oxygen atoms in total. The molecule has 0 saturated heterocycles. The van der Waals surface area contributed by atoms with E-state index in [1.54, 1.807) is 7.05 Å². The number of amides is 1. The molecule has 5 heteroatoms. The van der Waals surface area contributed by atoms with Gasteiger partial charge in [-0.05, 0) is 25.2 Å². The monoisotopic (exact) mass is 226 g/mol. The van der Waals surface area contributed by atoms with Crippen molar-refractivity contribution in [1.29, 1.82) is 0 Å². The number of carbonyl (C=O) groups excluding carboxylic acids is 1. The van der Waals surface area contributed by atoms with Crippen LogP contribution in [0.25, 0.3) is 0 Å². The molecule has 1 aromatic carbocycles. The Balaban J connectivity index is 2.68. The molecule has 1 rings (SSSR count). The van der Waals surface area contributed by atoms with Crippen LogP contribution in [0.4, 0.5) is 4.39 Å². The minimum atomic E-state index is -0.478. The van der Waals surface area contributed by atoms with Crippen LogP contribution in [-0.4, -0.2) is 33.2 Å². The van der Waals surface area contributed by atoms with Gasteiger partial charge in [0.2, 0.25) is 0 Å². The summed E-state index contributed by atoms with van der Waals surface area (Å²) in [4.78, 5) is 11.6. The van der Waals surface area contributed by atoms with Crippen molar-refractivity contribution in [2.24, 2.45) is 0 Å². The Hall–Kier alpha value is -1.62. The van der Waals surface area contributed by atoms with E-state index in [0.717, 1.165) is 0 Å². The zero-order valence-corrected chi connectivity index (χ0v) is 9.34. The number of carbonyl (C=O) groups is 1. The van der Waals surface area contributed by atoms with Crippen molar-refractivity contribution in [3.8, 4) is 5.75 Å². The fourth-order valence-corrected chi connectivity index (χ4v) is 1.20. The van der Waals surface area contributed by atoms with Gasteiger partial charge in [-0.25, -0.2) is 4.39 Å². The van der Waals surface area contributed by atoms with E-state index in [-0.39, 0.29) is 11.7 Å². The van der Waals surface area contributed by atoms with Gasteiger partial charge in [0.05, 0.1) is 7.11 Å². The van der Waals surface area contributed by atoms with Crippen molar-refractivity contribution in [3.63, 3.8) is 0 Å². The summed E-state index contributed by atoms with van der Waals surface area (Å²) >= 11 is 0. The summed E-state index contributed by atoms with van der Waals surface area (Å²) in [5.41, 5.74) is 0.384. The lowest BCUT2D eigenvalue weighted by molar-refractivity contribution is 0.0953. The average Bonchev–Trinajstić information content (AvgIpc) is 2.30. The van der Waals surface area contributed by atoms with Crippen molar-refractivity contribution in [2.45, 2.75) is 0 Å². The van der Waals surface area contributed by atoms with Crippen molar-refractivity contribution in [2.75, 3.05) is 27.2 Å². The maximum absolute atomic E-state index is 13.1. The number of benzene rings is 1. The molecule has 0 aliphatic heterocycles. The number of hydrogen-bond donors (Lipinski definition) is 2. The minimum absolute atomic E-state index is 0.0706. The third-order valence-electron chi connectivity index (χ3n) is 2.07. The van der Waals surface area contributed by atoms with Gasteiger partial charge < -0.3 is 15.4 Å². The summed E-state index contributed by atoms with van der Waals surface area (Å²) in [5, 5.41) is 5.60. The van der Waals surface area contributed by atoms with Crippen molar-refractivity contribution in [3.05, 3.63) is 29.6 Å². The standard InChI is InChI=1S/C11H15FN2O2/c1-13-5-6-14-11(15)8-3-4-9(12)10(7-8)16-2/h3-4,7,13H,5-6H2,1-2H3,(H,14,15). The number of hydrogen-bond acceptors (Lipinski definition) is 3. The predicted octanol–water partition coefficient (Wildman–Crippen LogP) is 0.783. The van der Waals surface area contributed by atoms with Gasteiger partial charge in [-0.3, -0.25) is 4.79 Å². The molecular formula is C11H15FN2O2. The molecule has 0 aliphatic rings. The van der Waals surface area contributed by atoms with Crippen LogP contribution < -0.4 is 15.4 Å². The Bertz CT molecular complexity index is 369. The smallest absolute Gasteiger partial charge is 0.251 e. The van der Waals surface area contributed by atoms with Crippen molar-refractivity contribution in [1.82, 2.24) is 10.6 Å². The van der Waals surface area contributed by atoms with Gasteiger partial charge in [0, 0.05) is 18.7 Å². The van der Waals surface area contributed by atoms with E-state index in [2.05, 4.69) is 10.6 Å². The second-order valence-electron chi connectivity index (χ2n) is 3.21. The Labute approximate surface area is 93.8 Å². The summed E-state index contributed by atoms with van der Waals surface area (Å²) in [6.07, 6.45) is 0. The molecular weight excluding hydrogens is 211 g/mol. The van der Waals surface area contributed by atoms with E-state index in [9.17, 15) is 9.18 Å². The van der Waals surface area contributed by atoms with Gasteiger partial charge >= 0.3 is 0 Å². The van der Waals surface area contributed by atoms with Crippen LogP contribution in [0.3, 0.4) is 0 Å². The Morgan fingerprint density at radius 3 is 2.81 bits per heavy atom. The molecule has 0 unspecified atom stereocenters. The van der Waals surface area contributed by atoms with Crippen LogP contribution in [0.15, 0.2) is 18.2 Å². The molecule has 0 saturated carbocycles. The molecule has 2 N–H and O–H groups in total. The summed E-state index contributed by atoms with van der Waals surface area (Å²) in [5.74, 6) is -0.649. The number of halogens is 1. The lowest BCUT2D eigenvalue weighted by Crippen LogP contribution is -2.30. The molecule has 0 aromatic heterocycles. The highest BCUT2D eigenvalue weighted by molar-refractivity contribution is 5.94. The number of methoxy groups -OCH3 is 1. The summed E-state index contributed by atoms with van der Waals surface area (Å²) in [6.45, 7) is 1.21. The number of rotatable bonds is 5. The number of ether oxygens (including phenoxy) is 1. The van der Waals surface area contributed by atoms with Crippen molar-refractivity contribution >= 4 is 5.91 Å². The van der Waals surface area contributed by atoms with Gasteiger partial charge in [0.15, 0.2) is 11.6 Å². The molecule has 0 atom stereocenters. The molecule has 0 aliphatic carbocycles. The van der Waals surface area contributed by atoms with E-state index in [1.807, 2.05) is 0 Å². The molecule has 0 spiro atoms. The minimum Gasteiger partial charge on any atom is -0.494 e. The normalized spacial score (nSPS) is 9.94. The van der Waals surface area contributed by atoms with Crippen LogP contribution in [0, 0.1) is 5.82 Å². The van der Waals surface area contributed by atoms with Gasteiger partial charge in [-0.2, -0.15) is 0 Å². The summed E-state index contributed by atoms with van der Waals surface area (Å²) in [7, 11) is 3.16. The van der Waals surface area contributed by atoms with Gasteiger partial charge in [-0.15, -0.1) is 0 Å². The quantitative estimate of drug-likeness (QED) is 0.730. The average molecular weight is 226 g/mol. The van der Waals surface area contributed by atoms with E-state index in [1.165, 1.54) is 25.3 Å². The van der Waals surface area contributed by atoms with Gasteiger partial charge in [0.25, 0.3) is 5.91 Å². The first-order valence-corrected chi connectivity index (χ1v) is 4.95. The van der Waals surface area contributed by atoms with Gasteiger partial charge in [0.1, 0.15) is 0 Å². The van der Waals surface area contributed by atoms with E-state index in [0.29, 0.717) is 18.7 Å². The lowest BCUT2D eigenvalue weighted by Gasteiger charge is -2.07. The van der Waals surface area contributed by atoms with E-state index >= 15 is 0 Å². The third-order valence-corrected chi connectivity index (χ3v) is 2.07. The topological polar surface area (TPSA) is 50.4 Å². The molecule has 1 aromatic rings. The molecule has 1 amide bonds. The summed E-state index contributed by atoms with van der Waals surface area (Å²) in [6, 6.07) is 4.02. The van der Waals surface area contributed by atoms with E-state index in [4.69, 9.17) is 4.74 Å². The second-order valence-corrected chi connectivity index (χ2v) is 3.21. The zero-order chi connectivity index (χ0) is 12.0. The molecule has 0 bridgehead atoms. The number of nitrogens with one attached hydrogen (secondary N) is 2. The van der Waals surface area contributed by atoms with Crippen LogP contribution in [-0.2, 0) is 0 Å². The fraction of sp³-hybridized carbons (Fsp3) is 0.364. The first-order chi connectivity index (χ1) is 7.69. The second kappa shape index (κ2) is 6.07. The maximum atomic E-state index is 13.1. The summed E-state index contributed by atoms with van der Waals surface area (Å²) < 4.78 is 17.9. The lowest BCUT2D eigenvalue weighted by atomic mass is 10.2. The number of likely N-dealkylation sites (N-methyl/N-ethyl adjacent to an activating group) is 1. The molecule has 0 radical (unpaired) electrons. The van der Waals surface area contributed by atoms with Crippen molar-refractivity contribution < 1.29 is 13.9 Å². The first kappa shape index (κ1) is 12.4. The van der Waals surface area contributed by atoms with E-state index < -0.39 is 5.82 Å². The molecule has 88 valence electrons. The molecule has 0 fully saturated rings. The highest BCUT2D eigenvalue weighted by Gasteiger charge is 2.09. The van der Waals surface area contributed by atoms with Crippen LogP contribution in [0.1, 0.15) is 10.4 Å². The fourth-order valence-electron chi connectivity index (χ4n) is 1.20. The highest BCUT2D eigenvalue weighted by Crippen LogP contribution is 2.17. The largest absolute Gasteiger partial charge is 0.494 e. The first-order valence-electron chi connectivity index (χ1n) is 4.95. The third kappa shape index (κ3) is 3.20. The Kier molecular flexibility index (Phi) is 4.72. The predicted molar refractivity (Wildman–Crippen MR) is 59.2 cm³/mol. The van der Waals surface area contributed by atoms with Gasteiger partial charge in [-0.1, -0.05) is 0 Å². The highest BCUT2D eigenvalue weighted by atomic mass is 19.1. The zero-order valence-electron chi connectivity index (χ0n) is 9.34. The van der Waals surface area contributed by atoms with Crippen LogP contribution in [0.2, 0.25) is 0 Å². The Morgan fingerprint density at radius 1 is 1.44 bits per heavy atom. The molecule has 0 heterocycles. The molecule has 16 heavy (non-hydrogen) atoms. The van der Waals surface area contributed by atoms with Crippen LogP contribution >= 0.6 is 0 Å². The SMILES string of the molecule is CNCCNC(=O)c1ccc(F)c(OC)c1. The Morgan fingerprint density at radius 2 is 2.19 bits per heavy atom. The maximum Gasteiger partial charge on any atom is 0.251 e. The van der Waals surface area contributed by atoms with Crippen LogP contribution in [0.5, 0.6) is 5.75 Å².